The highest BCUT2D eigenvalue weighted by atomic mass is 19.4. The number of nitriles is 1. The number of nitrogens with zero attached hydrogens (tertiary/aromatic N) is 2. The first-order chi connectivity index (χ1) is 20.3. The Bertz CT molecular complexity index is 2030. The zero-order valence-electron chi connectivity index (χ0n) is 25.1. The van der Waals surface area contributed by atoms with E-state index in [-0.39, 0.29) is 11.0 Å². The minimum atomic E-state index is -4.55. The molecule has 5 heteroatoms. The molecule has 2 aliphatic rings. The van der Waals surface area contributed by atoms with E-state index in [0.717, 1.165) is 52.2 Å². The number of alkyl halides is 3. The molecule has 0 aliphatic heterocycles. The van der Waals surface area contributed by atoms with Gasteiger partial charge in [0.05, 0.1) is 22.9 Å². The Morgan fingerprint density at radius 1 is 0.814 bits per heavy atom. The molecule has 0 saturated carbocycles. The fourth-order valence-corrected chi connectivity index (χ4v) is 7.68. The summed E-state index contributed by atoms with van der Waals surface area (Å²) >= 11 is 0. The second-order valence-electron chi connectivity index (χ2n) is 13.7. The molecule has 7 rings (SSSR count). The van der Waals surface area contributed by atoms with E-state index in [1.54, 1.807) is 24.4 Å². The minimum absolute atomic E-state index is 0.0388. The van der Waals surface area contributed by atoms with Crippen molar-refractivity contribution in [3.63, 3.8) is 0 Å². The van der Waals surface area contributed by atoms with Gasteiger partial charge in [-0.25, -0.2) is 0 Å². The summed E-state index contributed by atoms with van der Waals surface area (Å²) in [5.41, 5.74) is 7.18. The Labute approximate surface area is 250 Å². The Hall–Kier alpha value is -4.17. The van der Waals surface area contributed by atoms with E-state index >= 15 is 0 Å². The molecular weight excluding hydrogens is 541 g/mol. The van der Waals surface area contributed by atoms with Gasteiger partial charge in [0.15, 0.2) is 0 Å². The van der Waals surface area contributed by atoms with Crippen LogP contribution in [0.1, 0.15) is 86.4 Å². The molecule has 0 radical (unpaired) electrons. The molecule has 0 N–H and O–H groups in total. The Morgan fingerprint density at radius 3 is 2.28 bits per heavy atom. The average Bonchev–Trinajstić information content (AvgIpc) is 3.21. The molecule has 5 aromatic rings. The maximum Gasteiger partial charge on any atom is 0.417 e. The summed E-state index contributed by atoms with van der Waals surface area (Å²) in [6, 6.07) is 18.9. The molecular formula is C38H33F3N2. The predicted molar refractivity (Wildman–Crippen MR) is 167 cm³/mol. The van der Waals surface area contributed by atoms with Crippen LogP contribution in [-0.2, 0) is 29.8 Å². The summed E-state index contributed by atoms with van der Waals surface area (Å²) in [4.78, 5) is 4.83. The highest BCUT2D eigenvalue weighted by Crippen LogP contribution is 2.56. The maximum atomic E-state index is 14.9. The number of aromatic nitrogens is 1. The Morgan fingerprint density at radius 2 is 1.56 bits per heavy atom. The second kappa shape index (κ2) is 9.16. The van der Waals surface area contributed by atoms with Crippen molar-refractivity contribution in [1.29, 1.82) is 5.26 Å². The zero-order chi connectivity index (χ0) is 30.5. The first-order valence-corrected chi connectivity index (χ1v) is 15.0. The van der Waals surface area contributed by atoms with Crippen molar-refractivity contribution < 1.29 is 13.2 Å². The van der Waals surface area contributed by atoms with Gasteiger partial charge in [0.1, 0.15) is 0 Å². The fourth-order valence-electron chi connectivity index (χ4n) is 7.68. The molecule has 0 spiro atoms. The number of halogens is 3. The number of rotatable bonds is 1. The van der Waals surface area contributed by atoms with Gasteiger partial charge >= 0.3 is 6.18 Å². The van der Waals surface area contributed by atoms with Crippen molar-refractivity contribution in [3.8, 4) is 28.5 Å². The van der Waals surface area contributed by atoms with E-state index in [0.29, 0.717) is 22.1 Å². The van der Waals surface area contributed by atoms with Crippen LogP contribution in [0.25, 0.3) is 43.9 Å². The summed E-state index contributed by atoms with van der Waals surface area (Å²) in [7, 11) is 0. The minimum Gasteiger partial charge on any atom is -0.256 e. The standard InChI is InChI=1S/C38H33F3N2/c1-36(2,3)30-18-23(17-22-8-6-7-9-24(22)30)35-27-13-12-26-29(25(27)14-15-43-35)19-32(38(39,40)41)33-28-11-10-21(20-42)16-31(28)37(4,5)34(26)33/h10-19H,6-9H2,1-5H3. The van der Waals surface area contributed by atoms with Crippen LogP contribution < -0.4 is 0 Å². The third-order valence-corrected chi connectivity index (χ3v) is 9.63. The lowest BCUT2D eigenvalue weighted by Gasteiger charge is -2.29. The van der Waals surface area contributed by atoms with Crippen LogP contribution in [0.3, 0.4) is 0 Å². The molecule has 2 nitrogen and oxygen atoms in total. The molecule has 0 unspecified atom stereocenters. The first kappa shape index (κ1) is 27.7. The van der Waals surface area contributed by atoms with Crippen LogP contribution in [0.2, 0.25) is 0 Å². The van der Waals surface area contributed by atoms with Crippen molar-refractivity contribution >= 4 is 21.5 Å². The number of fused-ring (bicyclic) bond motifs is 8. The van der Waals surface area contributed by atoms with Crippen molar-refractivity contribution in [2.45, 2.75) is 77.3 Å². The van der Waals surface area contributed by atoms with E-state index in [1.165, 1.54) is 29.2 Å². The highest BCUT2D eigenvalue weighted by molar-refractivity contribution is 6.14. The molecule has 216 valence electrons. The lowest BCUT2D eigenvalue weighted by Crippen LogP contribution is -2.18. The summed E-state index contributed by atoms with van der Waals surface area (Å²) in [6.45, 7) is 10.6. The van der Waals surface area contributed by atoms with Gasteiger partial charge in [0, 0.05) is 22.6 Å². The molecule has 0 amide bonds. The fraction of sp³-hybridized carbons (Fsp3) is 0.316. The largest absolute Gasteiger partial charge is 0.417 e. The highest BCUT2D eigenvalue weighted by Gasteiger charge is 2.44. The third kappa shape index (κ3) is 4.10. The van der Waals surface area contributed by atoms with Gasteiger partial charge < -0.3 is 0 Å². The molecule has 1 aromatic heterocycles. The smallest absolute Gasteiger partial charge is 0.256 e. The molecule has 2 aliphatic carbocycles. The summed E-state index contributed by atoms with van der Waals surface area (Å²) in [6.07, 6.45) is 1.64. The van der Waals surface area contributed by atoms with E-state index < -0.39 is 17.2 Å². The van der Waals surface area contributed by atoms with E-state index in [1.807, 2.05) is 32.0 Å². The van der Waals surface area contributed by atoms with E-state index in [4.69, 9.17) is 4.98 Å². The van der Waals surface area contributed by atoms with Gasteiger partial charge in [0.2, 0.25) is 0 Å². The van der Waals surface area contributed by atoms with Gasteiger partial charge in [-0.05, 0) is 123 Å². The van der Waals surface area contributed by atoms with Crippen LogP contribution in [0.15, 0.2) is 60.8 Å². The second-order valence-corrected chi connectivity index (χ2v) is 13.7. The number of benzene rings is 4. The lowest BCUT2D eigenvalue weighted by molar-refractivity contribution is -0.137. The zero-order valence-corrected chi connectivity index (χ0v) is 25.1. The topological polar surface area (TPSA) is 36.7 Å². The van der Waals surface area contributed by atoms with Gasteiger partial charge in [-0.3, -0.25) is 4.98 Å². The predicted octanol–water partition coefficient (Wildman–Crippen LogP) is 10.4. The lowest BCUT2D eigenvalue weighted by atomic mass is 9.76. The van der Waals surface area contributed by atoms with Gasteiger partial charge in [-0.15, -0.1) is 0 Å². The number of hydrogen-bond donors (Lipinski definition) is 0. The van der Waals surface area contributed by atoms with Crippen LogP contribution >= 0.6 is 0 Å². The monoisotopic (exact) mass is 574 g/mol. The molecule has 0 bridgehead atoms. The number of pyridine rings is 1. The normalized spacial score (nSPS) is 15.7. The summed E-state index contributed by atoms with van der Waals surface area (Å²) in [5.74, 6) is 0. The first-order valence-electron chi connectivity index (χ1n) is 15.0. The quantitative estimate of drug-likeness (QED) is 0.187. The molecule has 0 fully saturated rings. The van der Waals surface area contributed by atoms with Crippen molar-refractivity contribution in [2.24, 2.45) is 0 Å². The van der Waals surface area contributed by atoms with Gasteiger partial charge in [-0.2, -0.15) is 18.4 Å². The molecule has 43 heavy (non-hydrogen) atoms. The number of hydrogen-bond acceptors (Lipinski definition) is 2. The molecule has 1 heterocycles. The van der Waals surface area contributed by atoms with Crippen LogP contribution in [-0.4, -0.2) is 4.98 Å². The van der Waals surface area contributed by atoms with Crippen molar-refractivity contribution in [1.82, 2.24) is 4.98 Å². The van der Waals surface area contributed by atoms with Crippen molar-refractivity contribution in [3.05, 3.63) is 99.7 Å². The SMILES string of the molecule is CC(C)(C)c1cc(-c2nccc3c2ccc2c4c(c(C(F)(F)F)cc23)-c2ccc(C#N)cc2C4(C)C)cc2c1CCCC2. The molecule has 0 atom stereocenters. The number of aryl methyl sites for hydroxylation is 1. The summed E-state index contributed by atoms with van der Waals surface area (Å²) in [5, 5.41) is 12.5. The van der Waals surface area contributed by atoms with Gasteiger partial charge in [0.25, 0.3) is 0 Å². The Kier molecular flexibility index (Phi) is 5.89. The Balaban J connectivity index is 1.54. The average molecular weight is 575 g/mol. The molecule has 4 aromatic carbocycles. The van der Waals surface area contributed by atoms with Crippen LogP contribution in [0.5, 0.6) is 0 Å². The van der Waals surface area contributed by atoms with Crippen LogP contribution in [0, 0.1) is 11.3 Å². The molecule has 0 saturated heterocycles. The van der Waals surface area contributed by atoms with Crippen LogP contribution in [0.4, 0.5) is 13.2 Å². The van der Waals surface area contributed by atoms with Gasteiger partial charge in [-0.1, -0.05) is 52.8 Å². The van der Waals surface area contributed by atoms with E-state index in [2.05, 4.69) is 39.0 Å². The summed E-state index contributed by atoms with van der Waals surface area (Å²) < 4.78 is 44.6. The third-order valence-electron chi connectivity index (χ3n) is 9.63. The van der Waals surface area contributed by atoms with E-state index in [9.17, 15) is 18.4 Å². The van der Waals surface area contributed by atoms with Crippen molar-refractivity contribution in [2.75, 3.05) is 0 Å². The maximum absolute atomic E-state index is 14.9.